The molecule has 0 atom stereocenters. The van der Waals surface area contributed by atoms with Gasteiger partial charge >= 0.3 is 0 Å². The third-order valence-corrected chi connectivity index (χ3v) is 5.01. The maximum Gasteiger partial charge on any atom is 0.0187 e. The minimum Gasteiger partial charge on any atom is -0.0582 e. The van der Waals surface area contributed by atoms with Crippen molar-refractivity contribution in [2.45, 2.75) is 16.7 Å². The van der Waals surface area contributed by atoms with Gasteiger partial charge in [0.25, 0.3) is 0 Å². The minimum atomic E-state index is 1.12. The maximum atomic E-state index is 3.43. The Kier molecular flexibility index (Phi) is 4.38. The van der Waals surface area contributed by atoms with Gasteiger partial charge < -0.3 is 0 Å². The van der Waals surface area contributed by atoms with E-state index in [0.29, 0.717) is 0 Å². The predicted molar refractivity (Wildman–Crippen MR) is 77.0 cm³/mol. The Morgan fingerprint density at radius 1 is 0.750 bits per heavy atom. The van der Waals surface area contributed by atoms with Gasteiger partial charge in [-0.3, -0.25) is 0 Å². The second-order valence-electron chi connectivity index (χ2n) is 3.43. The van der Waals surface area contributed by atoms with Gasteiger partial charge in [0.2, 0.25) is 0 Å². The zero-order valence-corrected chi connectivity index (χ0v) is 12.0. The van der Waals surface area contributed by atoms with Gasteiger partial charge in [-0.2, -0.15) is 0 Å². The van der Waals surface area contributed by atoms with Crippen LogP contribution in [0.25, 0.3) is 0 Å². The van der Waals surface area contributed by atoms with E-state index in [9.17, 15) is 0 Å². The van der Waals surface area contributed by atoms with Crippen LogP contribution in [0.15, 0.2) is 62.8 Å². The van der Waals surface area contributed by atoms with Gasteiger partial charge in [0, 0.05) is 14.3 Å². The van der Waals surface area contributed by atoms with Crippen molar-refractivity contribution in [1.82, 2.24) is 0 Å². The normalized spacial score (nSPS) is 10.4. The predicted octanol–water partition coefficient (Wildman–Crippen LogP) is 5.56. The second-order valence-corrected chi connectivity index (χ2v) is 6.63. The first-order chi connectivity index (χ1) is 7.74. The average molecular weight is 311 g/mol. The second kappa shape index (κ2) is 5.80. The molecule has 2 rings (SSSR count). The van der Waals surface area contributed by atoms with Gasteiger partial charge in [0.05, 0.1) is 0 Å². The van der Waals surface area contributed by atoms with Crippen LogP contribution in [0.4, 0.5) is 0 Å². The smallest absolute Gasteiger partial charge is 0.0187 e. The Balaban J connectivity index is 1.97. The highest BCUT2D eigenvalue weighted by Gasteiger charge is 1.97. The molecule has 0 fully saturated rings. The highest BCUT2D eigenvalue weighted by Crippen LogP contribution is 2.37. The molecule has 0 saturated carbocycles. The molecule has 16 heavy (non-hydrogen) atoms. The lowest BCUT2D eigenvalue weighted by molar-refractivity contribution is 1.38. The topological polar surface area (TPSA) is 0 Å². The molecule has 82 valence electrons. The Hall–Kier alpha value is -0.380. The zero-order valence-electron chi connectivity index (χ0n) is 8.81. The molecule has 0 aliphatic heterocycles. The fourth-order valence-corrected chi connectivity index (χ4v) is 3.38. The zero-order chi connectivity index (χ0) is 11.4. The van der Waals surface area contributed by atoms with E-state index in [1.165, 1.54) is 15.4 Å². The summed E-state index contributed by atoms with van der Waals surface area (Å²) < 4.78 is 1.12. The van der Waals surface area contributed by atoms with Crippen molar-refractivity contribution in [1.29, 1.82) is 0 Å². The summed E-state index contributed by atoms with van der Waals surface area (Å²) in [6, 6.07) is 17.0. The lowest BCUT2D eigenvalue weighted by Gasteiger charge is -2.01. The fourth-order valence-electron chi connectivity index (χ4n) is 1.18. The van der Waals surface area contributed by atoms with Gasteiger partial charge in [0.15, 0.2) is 0 Å². The van der Waals surface area contributed by atoms with Crippen LogP contribution in [0, 0.1) is 6.92 Å². The molecule has 3 heteroatoms. The number of hydrogen-bond donors (Lipinski definition) is 0. The summed E-state index contributed by atoms with van der Waals surface area (Å²) >= 11 is 3.43. The van der Waals surface area contributed by atoms with E-state index in [2.05, 4.69) is 71.4 Å². The largest absolute Gasteiger partial charge is 0.0582 e. The van der Waals surface area contributed by atoms with E-state index in [4.69, 9.17) is 0 Å². The molecule has 2 aromatic rings. The van der Waals surface area contributed by atoms with Gasteiger partial charge in [-0.25, -0.2) is 0 Å². The van der Waals surface area contributed by atoms with Crippen molar-refractivity contribution in [3.05, 3.63) is 58.6 Å². The molecule has 0 N–H and O–H groups in total. The van der Waals surface area contributed by atoms with Crippen LogP contribution < -0.4 is 0 Å². The highest BCUT2D eigenvalue weighted by molar-refractivity contribution is 9.10. The first kappa shape index (κ1) is 12.1. The van der Waals surface area contributed by atoms with E-state index in [1.54, 1.807) is 21.6 Å². The average Bonchev–Trinajstić information content (AvgIpc) is 2.30. The van der Waals surface area contributed by atoms with Crippen molar-refractivity contribution in [3.8, 4) is 0 Å². The number of halogens is 1. The molecular weight excluding hydrogens is 300 g/mol. The third kappa shape index (κ3) is 3.58. The molecule has 0 aromatic heterocycles. The monoisotopic (exact) mass is 310 g/mol. The SMILES string of the molecule is Cc1ccc(SSc2ccc(Br)cc2)cc1. The molecule has 0 nitrogen and oxygen atoms in total. The van der Waals surface area contributed by atoms with Crippen LogP contribution in [0.2, 0.25) is 0 Å². The molecule has 0 bridgehead atoms. The molecule has 0 heterocycles. The van der Waals surface area contributed by atoms with Crippen molar-refractivity contribution in [2.24, 2.45) is 0 Å². The lowest BCUT2D eigenvalue weighted by Crippen LogP contribution is -1.72. The number of aryl methyl sites for hydroxylation is 1. The van der Waals surface area contributed by atoms with E-state index >= 15 is 0 Å². The first-order valence-electron chi connectivity index (χ1n) is 4.91. The van der Waals surface area contributed by atoms with Crippen molar-refractivity contribution in [3.63, 3.8) is 0 Å². The quantitative estimate of drug-likeness (QED) is 0.681. The lowest BCUT2D eigenvalue weighted by atomic mass is 10.2. The van der Waals surface area contributed by atoms with E-state index in [0.717, 1.165) is 4.47 Å². The van der Waals surface area contributed by atoms with Crippen LogP contribution in [0.5, 0.6) is 0 Å². The van der Waals surface area contributed by atoms with Gasteiger partial charge in [-0.15, -0.1) is 0 Å². The maximum absolute atomic E-state index is 3.43. The van der Waals surface area contributed by atoms with Crippen LogP contribution in [0.3, 0.4) is 0 Å². The summed E-state index contributed by atoms with van der Waals surface area (Å²) in [7, 11) is 3.57. The Morgan fingerprint density at radius 2 is 1.19 bits per heavy atom. The third-order valence-electron chi connectivity index (χ3n) is 2.07. The number of rotatable bonds is 3. The molecular formula is C13H11BrS2. The van der Waals surface area contributed by atoms with Crippen molar-refractivity contribution in [2.75, 3.05) is 0 Å². The molecule has 0 spiro atoms. The summed E-state index contributed by atoms with van der Waals surface area (Å²) in [5.41, 5.74) is 1.30. The van der Waals surface area contributed by atoms with Crippen LogP contribution in [-0.4, -0.2) is 0 Å². The summed E-state index contributed by atoms with van der Waals surface area (Å²) in [6.07, 6.45) is 0. The Morgan fingerprint density at radius 3 is 1.69 bits per heavy atom. The van der Waals surface area contributed by atoms with Crippen LogP contribution in [0.1, 0.15) is 5.56 Å². The number of hydrogen-bond acceptors (Lipinski definition) is 2. The minimum absolute atomic E-state index is 1.12. The Bertz CT molecular complexity index is 403. The number of benzene rings is 2. The summed E-state index contributed by atoms with van der Waals surface area (Å²) in [6.45, 7) is 2.11. The van der Waals surface area contributed by atoms with Crippen LogP contribution >= 0.6 is 37.5 Å². The van der Waals surface area contributed by atoms with Crippen molar-refractivity contribution >= 4 is 37.5 Å². The van der Waals surface area contributed by atoms with E-state index in [1.807, 2.05) is 0 Å². The molecule has 0 aliphatic rings. The molecule has 0 radical (unpaired) electrons. The summed E-state index contributed by atoms with van der Waals surface area (Å²) in [4.78, 5) is 2.56. The summed E-state index contributed by atoms with van der Waals surface area (Å²) in [5.74, 6) is 0. The van der Waals surface area contributed by atoms with Gasteiger partial charge in [-0.1, -0.05) is 55.2 Å². The van der Waals surface area contributed by atoms with Gasteiger partial charge in [-0.05, 0) is 43.3 Å². The molecule has 0 saturated heterocycles. The summed E-state index contributed by atoms with van der Waals surface area (Å²) in [5, 5.41) is 0. The van der Waals surface area contributed by atoms with Crippen LogP contribution in [-0.2, 0) is 0 Å². The fraction of sp³-hybridized carbons (Fsp3) is 0.0769. The Labute approximate surface area is 112 Å². The van der Waals surface area contributed by atoms with E-state index < -0.39 is 0 Å². The molecule has 0 amide bonds. The van der Waals surface area contributed by atoms with Gasteiger partial charge in [0.1, 0.15) is 0 Å². The molecule has 0 aliphatic carbocycles. The highest BCUT2D eigenvalue weighted by atomic mass is 79.9. The standard InChI is InChI=1S/C13H11BrS2/c1-10-2-6-12(7-3-10)15-16-13-8-4-11(14)5-9-13/h2-9H,1H3. The molecule has 2 aromatic carbocycles. The molecule has 0 unspecified atom stereocenters. The first-order valence-corrected chi connectivity index (χ1v) is 7.85. The van der Waals surface area contributed by atoms with E-state index in [-0.39, 0.29) is 0 Å². The van der Waals surface area contributed by atoms with Crippen molar-refractivity contribution < 1.29 is 0 Å².